The second kappa shape index (κ2) is 10.6. The molecule has 3 aromatic rings. The summed E-state index contributed by atoms with van der Waals surface area (Å²) in [4.78, 5) is 25.9. The molecule has 0 radical (unpaired) electrons. The van der Waals surface area contributed by atoms with Crippen LogP contribution < -0.4 is 9.64 Å². The number of amides is 1. The van der Waals surface area contributed by atoms with Gasteiger partial charge in [-0.3, -0.25) is 0 Å². The standard InChI is InChI=1S/C28H32BrIN4O3S/c1-6-38-26-31-23-19(25(32-26)33-13-18-12-17(33)14-34(18)27(35)36)20(28(3,4)5)22(30)21(29)24(23)37-15(2)16-10-8-7-9-11-16/h7-11,15,17-18H,6,12-14H2,1-5H3,(H,35,36)/t15?,17-,18-/m0/s1. The number of nitrogens with zero attached hydrogens (tertiary/aromatic N) is 4. The molecule has 1 unspecified atom stereocenters. The van der Waals surface area contributed by atoms with E-state index in [1.54, 1.807) is 16.7 Å². The van der Waals surface area contributed by atoms with Gasteiger partial charge < -0.3 is 19.6 Å². The minimum absolute atomic E-state index is 0.0220. The summed E-state index contributed by atoms with van der Waals surface area (Å²) in [5, 5.41) is 11.4. The van der Waals surface area contributed by atoms with Crippen molar-refractivity contribution < 1.29 is 14.6 Å². The quantitative estimate of drug-likeness (QED) is 0.161. The molecule has 2 aromatic carbocycles. The monoisotopic (exact) mass is 710 g/mol. The minimum atomic E-state index is -0.841. The highest BCUT2D eigenvalue weighted by atomic mass is 127. The molecule has 1 N–H and O–H groups in total. The van der Waals surface area contributed by atoms with Gasteiger partial charge in [-0.05, 0) is 74.2 Å². The van der Waals surface area contributed by atoms with E-state index in [1.165, 1.54) is 5.56 Å². The molecule has 10 heteroatoms. The summed E-state index contributed by atoms with van der Waals surface area (Å²) in [6.45, 7) is 11.9. The Bertz CT molecular complexity index is 1380. The van der Waals surface area contributed by atoms with E-state index in [9.17, 15) is 9.90 Å². The largest absolute Gasteiger partial charge is 0.483 e. The normalized spacial score (nSPS) is 19.9. The Morgan fingerprint density at radius 2 is 1.95 bits per heavy atom. The average molecular weight is 711 g/mol. The molecule has 2 aliphatic heterocycles. The van der Waals surface area contributed by atoms with E-state index in [4.69, 9.17) is 14.7 Å². The summed E-state index contributed by atoms with van der Waals surface area (Å²) in [7, 11) is 0. The summed E-state index contributed by atoms with van der Waals surface area (Å²) < 4.78 is 8.68. The highest BCUT2D eigenvalue weighted by Gasteiger charge is 2.47. The van der Waals surface area contributed by atoms with Crippen LogP contribution in [0.3, 0.4) is 0 Å². The lowest BCUT2D eigenvalue weighted by Gasteiger charge is -2.35. The number of carboxylic acid groups (broad SMARTS) is 1. The second-order valence-corrected chi connectivity index (χ2v) is 14.0. The van der Waals surface area contributed by atoms with Crippen LogP contribution in [0.5, 0.6) is 5.75 Å². The summed E-state index contributed by atoms with van der Waals surface area (Å²) >= 11 is 7.91. The molecule has 2 bridgehead atoms. The molecule has 5 rings (SSSR count). The molecule has 3 atom stereocenters. The fourth-order valence-electron chi connectivity index (χ4n) is 5.59. The van der Waals surface area contributed by atoms with Crippen molar-refractivity contribution in [3.05, 3.63) is 49.5 Å². The zero-order valence-corrected chi connectivity index (χ0v) is 26.7. The Labute approximate surface area is 250 Å². The number of halogens is 2. The topological polar surface area (TPSA) is 78.8 Å². The lowest BCUT2D eigenvalue weighted by atomic mass is 9.84. The van der Waals surface area contributed by atoms with Crippen LogP contribution in [0.2, 0.25) is 0 Å². The molecule has 0 aliphatic carbocycles. The van der Waals surface area contributed by atoms with E-state index in [0.29, 0.717) is 24.0 Å². The summed E-state index contributed by atoms with van der Waals surface area (Å²) in [6.07, 6.45) is -0.202. The van der Waals surface area contributed by atoms with E-state index in [-0.39, 0.29) is 23.6 Å². The van der Waals surface area contributed by atoms with Crippen LogP contribution in [0.1, 0.15) is 58.3 Å². The van der Waals surface area contributed by atoms with Crippen molar-refractivity contribution in [2.75, 3.05) is 23.7 Å². The number of benzene rings is 2. The van der Waals surface area contributed by atoms with Crippen molar-refractivity contribution in [2.24, 2.45) is 0 Å². The number of piperazine rings is 1. The van der Waals surface area contributed by atoms with Gasteiger partial charge in [0.25, 0.3) is 0 Å². The van der Waals surface area contributed by atoms with Gasteiger partial charge in [0.05, 0.1) is 21.9 Å². The van der Waals surface area contributed by atoms with E-state index in [0.717, 1.165) is 42.5 Å². The summed E-state index contributed by atoms with van der Waals surface area (Å²) in [5.41, 5.74) is 2.86. The van der Waals surface area contributed by atoms with Gasteiger partial charge >= 0.3 is 6.09 Å². The van der Waals surface area contributed by atoms with Crippen molar-refractivity contribution in [1.29, 1.82) is 0 Å². The Kier molecular flexibility index (Phi) is 7.78. The van der Waals surface area contributed by atoms with E-state index >= 15 is 0 Å². The first-order valence-electron chi connectivity index (χ1n) is 12.8. The van der Waals surface area contributed by atoms with Crippen molar-refractivity contribution in [1.82, 2.24) is 14.9 Å². The van der Waals surface area contributed by atoms with Crippen molar-refractivity contribution in [2.45, 2.75) is 69.8 Å². The lowest BCUT2D eigenvalue weighted by Crippen LogP contribution is -2.48. The van der Waals surface area contributed by atoms with Gasteiger partial charge in [0.15, 0.2) is 10.9 Å². The van der Waals surface area contributed by atoms with Crippen LogP contribution in [0.15, 0.2) is 40.0 Å². The summed E-state index contributed by atoms with van der Waals surface area (Å²) in [6, 6.07) is 10.3. The second-order valence-electron chi connectivity index (χ2n) is 10.9. The number of aromatic nitrogens is 2. The van der Waals surface area contributed by atoms with Crippen molar-refractivity contribution in [3.8, 4) is 5.75 Å². The third-order valence-corrected chi connectivity index (χ3v) is 10.6. The third-order valence-electron chi connectivity index (χ3n) is 7.29. The number of hydrogen-bond acceptors (Lipinski definition) is 6. The molecule has 0 spiro atoms. The SMILES string of the molecule is CCSc1nc(N2C[C@@H]3C[C@H]2CN3C(=O)O)c2c(C(C)(C)C)c(I)c(Br)c(OC(C)c3ccccc3)c2n1. The van der Waals surface area contributed by atoms with E-state index in [2.05, 4.69) is 90.2 Å². The average Bonchev–Trinajstić information content (AvgIpc) is 3.48. The Balaban J connectivity index is 1.74. The maximum atomic E-state index is 11.8. The van der Waals surface area contributed by atoms with Gasteiger partial charge in [-0.1, -0.05) is 69.8 Å². The van der Waals surface area contributed by atoms with Gasteiger partial charge in [0.2, 0.25) is 0 Å². The first kappa shape index (κ1) is 27.8. The number of likely N-dealkylation sites (tertiary alicyclic amines) is 1. The number of rotatable bonds is 6. The molecule has 7 nitrogen and oxygen atoms in total. The Morgan fingerprint density at radius 1 is 1.24 bits per heavy atom. The van der Waals surface area contributed by atoms with E-state index in [1.807, 2.05) is 18.2 Å². The van der Waals surface area contributed by atoms with Crippen LogP contribution in [0.4, 0.5) is 10.6 Å². The van der Waals surface area contributed by atoms with Crippen molar-refractivity contribution >= 4 is 73.1 Å². The first-order valence-corrected chi connectivity index (χ1v) is 15.7. The minimum Gasteiger partial charge on any atom is -0.483 e. The molecular formula is C28H32BrIN4O3S. The zero-order chi connectivity index (χ0) is 27.4. The number of thioether (sulfide) groups is 1. The Morgan fingerprint density at radius 3 is 2.53 bits per heavy atom. The highest BCUT2D eigenvalue weighted by Crippen LogP contribution is 2.49. The molecule has 202 valence electrons. The van der Waals surface area contributed by atoms with Gasteiger partial charge in [-0.25, -0.2) is 14.8 Å². The molecular weight excluding hydrogens is 679 g/mol. The van der Waals surface area contributed by atoms with Crippen molar-refractivity contribution in [3.63, 3.8) is 0 Å². The molecule has 2 fully saturated rings. The molecule has 38 heavy (non-hydrogen) atoms. The van der Waals surface area contributed by atoms with Crippen LogP contribution in [-0.4, -0.2) is 57.0 Å². The van der Waals surface area contributed by atoms with Crippen LogP contribution in [0.25, 0.3) is 10.9 Å². The third kappa shape index (κ3) is 4.96. The van der Waals surface area contributed by atoms with Crippen LogP contribution in [-0.2, 0) is 5.41 Å². The first-order chi connectivity index (χ1) is 18.0. The fraction of sp³-hybridized carbons (Fsp3) is 0.464. The zero-order valence-electron chi connectivity index (χ0n) is 22.2. The number of hydrogen-bond donors (Lipinski definition) is 1. The number of carbonyl (C=O) groups is 1. The fourth-order valence-corrected chi connectivity index (χ4v) is 7.96. The maximum absolute atomic E-state index is 11.8. The van der Waals surface area contributed by atoms with E-state index < -0.39 is 6.09 Å². The van der Waals surface area contributed by atoms with Gasteiger partial charge in [0, 0.05) is 16.7 Å². The molecule has 1 amide bonds. The number of ether oxygens (including phenoxy) is 1. The molecule has 3 heterocycles. The predicted octanol–water partition coefficient (Wildman–Crippen LogP) is 7.49. The maximum Gasteiger partial charge on any atom is 0.407 e. The lowest BCUT2D eigenvalue weighted by molar-refractivity contribution is 0.137. The van der Waals surface area contributed by atoms with Gasteiger partial charge in [-0.2, -0.15) is 0 Å². The Hall–Kier alpha value is -1.79. The summed E-state index contributed by atoms with van der Waals surface area (Å²) in [5.74, 6) is 2.45. The molecule has 2 aliphatic rings. The molecule has 0 saturated carbocycles. The highest BCUT2D eigenvalue weighted by molar-refractivity contribution is 14.1. The number of fused-ring (bicyclic) bond motifs is 3. The predicted molar refractivity (Wildman–Crippen MR) is 165 cm³/mol. The van der Waals surface area contributed by atoms with Crippen LogP contribution >= 0.6 is 50.3 Å². The molecule has 2 saturated heterocycles. The number of anilines is 1. The molecule has 1 aromatic heterocycles. The van der Waals surface area contributed by atoms with Crippen LogP contribution in [0, 0.1) is 3.57 Å². The van der Waals surface area contributed by atoms with Gasteiger partial charge in [0.1, 0.15) is 17.4 Å². The van der Waals surface area contributed by atoms with Gasteiger partial charge in [-0.15, -0.1) is 0 Å². The smallest absolute Gasteiger partial charge is 0.407 e.